The van der Waals surface area contributed by atoms with Gasteiger partial charge in [0.05, 0.1) is 12.7 Å². The van der Waals surface area contributed by atoms with Crippen molar-refractivity contribution in [1.82, 2.24) is 19.5 Å². The second-order valence-corrected chi connectivity index (χ2v) is 7.72. The number of anilines is 1. The predicted molar refractivity (Wildman–Crippen MR) is 127 cm³/mol. The largest absolute Gasteiger partial charge is 0.398 e. The van der Waals surface area contributed by atoms with Gasteiger partial charge < -0.3 is 11.1 Å². The van der Waals surface area contributed by atoms with Gasteiger partial charge >= 0.3 is 0 Å². The summed E-state index contributed by atoms with van der Waals surface area (Å²) in [5.74, 6) is 0.941. The lowest BCUT2D eigenvalue weighted by Gasteiger charge is -2.14. The van der Waals surface area contributed by atoms with Crippen LogP contribution in [0, 0.1) is 0 Å². The lowest BCUT2D eigenvalue weighted by molar-refractivity contribution is 0.768. The molecule has 0 fully saturated rings. The second-order valence-electron chi connectivity index (χ2n) is 6.62. The van der Waals surface area contributed by atoms with Gasteiger partial charge in [-0.1, -0.05) is 24.1 Å². The minimum absolute atomic E-state index is 0.569. The molecular weight excluding hydrogens is 394 g/mol. The van der Waals surface area contributed by atoms with Gasteiger partial charge in [0.1, 0.15) is 0 Å². The van der Waals surface area contributed by atoms with Crippen molar-refractivity contribution < 1.29 is 0 Å². The molecule has 0 unspecified atom stereocenters. The molecule has 7 nitrogen and oxygen atoms in total. The molecule has 0 radical (unpaired) electrons. The highest BCUT2D eigenvalue weighted by atomic mass is 32.2. The Labute approximate surface area is 181 Å². The molecule has 0 atom stereocenters. The zero-order valence-corrected chi connectivity index (χ0v) is 18.1. The number of allylic oxidation sites excluding steroid dienone is 1. The van der Waals surface area contributed by atoms with E-state index in [4.69, 9.17) is 5.73 Å². The van der Waals surface area contributed by atoms with Gasteiger partial charge in [-0.25, -0.2) is 0 Å². The maximum absolute atomic E-state index is 6.44. The van der Waals surface area contributed by atoms with Crippen LogP contribution in [0.25, 0.3) is 16.8 Å². The van der Waals surface area contributed by atoms with E-state index < -0.39 is 0 Å². The van der Waals surface area contributed by atoms with E-state index in [1.54, 1.807) is 29.0 Å². The molecule has 8 heteroatoms. The molecule has 0 amide bonds. The number of hydrogen-bond donors (Lipinski definition) is 3. The van der Waals surface area contributed by atoms with Crippen molar-refractivity contribution in [2.75, 3.05) is 24.7 Å². The third kappa shape index (κ3) is 6.20. The molecular formula is C22H27N7S. The van der Waals surface area contributed by atoms with E-state index in [2.05, 4.69) is 43.3 Å². The maximum Gasteiger partial charge on any atom is 0.0654 e. The Balaban J connectivity index is 1.80. The van der Waals surface area contributed by atoms with Crippen LogP contribution in [0.3, 0.4) is 0 Å². The fourth-order valence-electron chi connectivity index (χ4n) is 2.90. The number of aliphatic imine (C=N–C) groups is 1. The van der Waals surface area contributed by atoms with E-state index in [-0.39, 0.29) is 0 Å². The van der Waals surface area contributed by atoms with Gasteiger partial charge in [-0.15, -0.1) is 0 Å². The molecule has 0 aliphatic carbocycles. The highest BCUT2D eigenvalue weighted by Crippen LogP contribution is 2.28. The second kappa shape index (κ2) is 11.2. The van der Waals surface area contributed by atoms with E-state index in [1.165, 1.54) is 0 Å². The van der Waals surface area contributed by atoms with Gasteiger partial charge in [-0.2, -0.15) is 5.10 Å². The number of nitrogens with two attached hydrogens (primary N) is 1. The van der Waals surface area contributed by atoms with E-state index in [0.29, 0.717) is 12.2 Å². The number of aryl methyl sites for hydroxylation is 1. The van der Waals surface area contributed by atoms with Gasteiger partial charge in [0.25, 0.3) is 0 Å². The van der Waals surface area contributed by atoms with Crippen LogP contribution in [0.4, 0.5) is 5.69 Å². The molecule has 0 spiro atoms. The summed E-state index contributed by atoms with van der Waals surface area (Å²) in [6, 6.07) is 10.1. The first-order valence-electron chi connectivity index (χ1n) is 9.67. The highest BCUT2D eigenvalue weighted by Gasteiger charge is 2.09. The fraction of sp³-hybridized carbons (Fsp3) is 0.227. The topological polar surface area (TPSA) is 93.2 Å². The molecule has 30 heavy (non-hydrogen) atoms. The van der Waals surface area contributed by atoms with Crippen molar-refractivity contribution in [1.29, 1.82) is 0 Å². The number of hydrogen-bond acceptors (Lipinski definition) is 7. The Morgan fingerprint density at radius 1 is 1.27 bits per heavy atom. The predicted octanol–water partition coefficient (Wildman–Crippen LogP) is 3.33. The van der Waals surface area contributed by atoms with Gasteiger partial charge in [0.2, 0.25) is 0 Å². The maximum atomic E-state index is 6.44. The van der Waals surface area contributed by atoms with Crippen molar-refractivity contribution in [3.63, 3.8) is 0 Å². The van der Waals surface area contributed by atoms with Crippen LogP contribution in [-0.4, -0.2) is 40.3 Å². The highest BCUT2D eigenvalue weighted by molar-refractivity contribution is 7.97. The first-order valence-corrected chi connectivity index (χ1v) is 10.7. The molecule has 0 saturated carbocycles. The number of benzene rings is 1. The molecule has 3 rings (SSSR count). The number of nitrogens with one attached hydrogen (secondary N) is 2. The molecule has 2 heterocycles. The molecule has 3 aromatic rings. The Bertz CT molecular complexity index is 996. The Kier molecular flexibility index (Phi) is 8.05. The lowest BCUT2D eigenvalue weighted by Crippen LogP contribution is -2.10. The summed E-state index contributed by atoms with van der Waals surface area (Å²) in [5, 5.41) is 7.74. The third-order valence-corrected chi connectivity index (χ3v) is 5.09. The average Bonchev–Trinajstić information content (AvgIpc) is 3.21. The van der Waals surface area contributed by atoms with Crippen LogP contribution in [0.2, 0.25) is 0 Å². The standard InChI is InChI=1S/C22H27N7S/c1-24-30-11-10-27-22-6-5-18(19-15-28-29(2)16-19)12-20(22)21(23)7-9-26-14-17-4-3-8-25-13-17/h3-9,12-13,15-16,24,27H,10-11,14,23H2,1-2H3/b21-7-,26-9?. The number of pyridine rings is 1. The molecule has 2 aromatic heterocycles. The van der Waals surface area contributed by atoms with Crippen LogP contribution in [0.5, 0.6) is 0 Å². The molecule has 156 valence electrons. The molecule has 0 saturated heterocycles. The first-order chi connectivity index (χ1) is 14.7. The molecule has 0 bridgehead atoms. The van der Waals surface area contributed by atoms with E-state index >= 15 is 0 Å². The van der Waals surface area contributed by atoms with E-state index in [9.17, 15) is 0 Å². The third-order valence-electron chi connectivity index (χ3n) is 4.39. The quantitative estimate of drug-likeness (QED) is 0.264. The van der Waals surface area contributed by atoms with Crippen LogP contribution >= 0.6 is 11.9 Å². The van der Waals surface area contributed by atoms with Gasteiger partial charge in [0.15, 0.2) is 0 Å². The van der Waals surface area contributed by atoms with Crippen LogP contribution < -0.4 is 15.8 Å². The number of nitrogens with zero attached hydrogens (tertiary/aromatic N) is 4. The number of rotatable bonds is 10. The van der Waals surface area contributed by atoms with Crippen molar-refractivity contribution in [2.45, 2.75) is 6.54 Å². The van der Waals surface area contributed by atoms with E-state index in [1.807, 2.05) is 50.9 Å². The van der Waals surface area contributed by atoms with Crippen LogP contribution in [-0.2, 0) is 13.6 Å². The molecule has 0 aliphatic rings. The SMILES string of the molecule is CNSCCNc1ccc(-c2cnn(C)c2)cc1/C(N)=C/C=NCc1cccnc1. The smallest absolute Gasteiger partial charge is 0.0654 e. The Hall–Kier alpha value is -3.10. The minimum Gasteiger partial charge on any atom is -0.398 e. The van der Waals surface area contributed by atoms with E-state index in [0.717, 1.165) is 40.2 Å². The molecule has 4 N–H and O–H groups in total. The van der Waals surface area contributed by atoms with Gasteiger partial charge in [-0.05, 0) is 42.4 Å². The summed E-state index contributed by atoms with van der Waals surface area (Å²) >= 11 is 1.66. The van der Waals surface area contributed by atoms with Crippen LogP contribution in [0.1, 0.15) is 11.1 Å². The van der Waals surface area contributed by atoms with Gasteiger partial charge in [0, 0.05) is 66.7 Å². The molecule has 0 aliphatic heterocycles. The van der Waals surface area contributed by atoms with Crippen molar-refractivity contribution in [3.05, 3.63) is 72.3 Å². The number of aromatic nitrogens is 3. The summed E-state index contributed by atoms with van der Waals surface area (Å²) < 4.78 is 4.87. The summed E-state index contributed by atoms with van der Waals surface area (Å²) in [4.78, 5) is 8.54. The zero-order valence-electron chi connectivity index (χ0n) is 17.2. The zero-order chi connectivity index (χ0) is 21.2. The summed E-state index contributed by atoms with van der Waals surface area (Å²) in [5.41, 5.74) is 12.2. The Morgan fingerprint density at radius 2 is 2.17 bits per heavy atom. The summed E-state index contributed by atoms with van der Waals surface area (Å²) in [7, 11) is 3.83. The lowest BCUT2D eigenvalue weighted by atomic mass is 10.0. The van der Waals surface area contributed by atoms with Crippen molar-refractivity contribution >= 4 is 29.5 Å². The normalized spacial score (nSPS) is 11.9. The first kappa shape index (κ1) is 21.6. The van der Waals surface area contributed by atoms with Gasteiger partial charge in [-0.3, -0.25) is 19.4 Å². The van der Waals surface area contributed by atoms with Crippen LogP contribution in [0.15, 0.2) is 66.2 Å². The Morgan fingerprint density at radius 3 is 2.90 bits per heavy atom. The average molecular weight is 422 g/mol. The fourth-order valence-corrected chi connectivity index (χ4v) is 3.31. The van der Waals surface area contributed by atoms with Crippen molar-refractivity contribution in [3.8, 4) is 11.1 Å². The molecule has 1 aromatic carbocycles. The summed E-state index contributed by atoms with van der Waals surface area (Å²) in [6.07, 6.45) is 11.0. The minimum atomic E-state index is 0.569. The monoisotopic (exact) mass is 421 g/mol. The summed E-state index contributed by atoms with van der Waals surface area (Å²) in [6.45, 7) is 1.40. The van der Waals surface area contributed by atoms with Crippen molar-refractivity contribution in [2.24, 2.45) is 17.8 Å².